The van der Waals surface area contributed by atoms with Gasteiger partial charge < -0.3 is 10.0 Å². The molecular formula is C15H22N2O5S2. The Morgan fingerprint density at radius 1 is 1.29 bits per heavy atom. The highest BCUT2D eigenvalue weighted by atomic mass is 32.2. The fourth-order valence-corrected chi connectivity index (χ4v) is 3.68. The molecule has 1 unspecified atom stereocenters. The summed E-state index contributed by atoms with van der Waals surface area (Å²) in [5.41, 5.74) is 0.921. The molecule has 0 bridgehead atoms. The summed E-state index contributed by atoms with van der Waals surface area (Å²) in [5, 5.41) is 8.79. The summed E-state index contributed by atoms with van der Waals surface area (Å²) in [6.07, 6.45) is 2.12. The maximum absolute atomic E-state index is 12.5. The molecule has 1 atom stereocenters. The quantitative estimate of drug-likeness (QED) is 0.667. The third-order valence-corrected chi connectivity index (χ3v) is 5.42. The second kappa shape index (κ2) is 9.05. The summed E-state index contributed by atoms with van der Waals surface area (Å²) in [6, 6.07) is 5.27. The Balaban J connectivity index is 2.97. The zero-order valence-electron chi connectivity index (χ0n) is 13.9. The first-order chi connectivity index (χ1) is 11.2. The van der Waals surface area contributed by atoms with Gasteiger partial charge in [0.05, 0.1) is 4.90 Å². The SMILES string of the molecule is CSCCC(NS(=O)(=O)c1ccc(C)cc1)C(=O)N(C)CC(=O)O. The third-order valence-electron chi connectivity index (χ3n) is 3.29. The Morgan fingerprint density at radius 3 is 2.38 bits per heavy atom. The number of likely N-dealkylation sites (N-methyl/N-ethyl adjacent to an activating group) is 1. The van der Waals surface area contributed by atoms with Crippen LogP contribution in [0.2, 0.25) is 0 Å². The molecule has 0 aromatic heterocycles. The van der Waals surface area contributed by atoms with Crippen LogP contribution in [0.3, 0.4) is 0 Å². The van der Waals surface area contributed by atoms with Crippen molar-refractivity contribution in [3.8, 4) is 0 Å². The number of carbonyl (C=O) groups excluding carboxylic acids is 1. The number of rotatable bonds is 9. The van der Waals surface area contributed by atoms with Gasteiger partial charge in [0.25, 0.3) is 0 Å². The summed E-state index contributed by atoms with van der Waals surface area (Å²) < 4.78 is 27.3. The van der Waals surface area contributed by atoms with Crippen LogP contribution >= 0.6 is 11.8 Å². The van der Waals surface area contributed by atoms with Crippen molar-refractivity contribution < 1.29 is 23.1 Å². The zero-order valence-corrected chi connectivity index (χ0v) is 15.5. The molecule has 0 fully saturated rings. The topological polar surface area (TPSA) is 104 Å². The number of aliphatic carboxylic acids is 1. The summed E-state index contributed by atoms with van der Waals surface area (Å²) in [4.78, 5) is 24.2. The van der Waals surface area contributed by atoms with Crippen LogP contribution in [-0.2, 0) is 19.6 Å². The van der Waals surface area contributed by atoms with Crippen LogP contribution in [0.5, 0.6) is 0 Å². The first-order valence-corrected chi connectivity index (χ1v) is 10.1. The molecule has 9 heteroatoms. The summed E-state index contributed by atoms with van der Waals surface area (Å²) in [5.74, 6) is -1.16. The van der Waals surface area contributed by atoms with Crippen molar-refractivity contribution >= 4 is 33.7 Å². The van der Waals surface area contributed by atoms with Gasteiger partial charge in [0.2, 0.25) is 15.9 Å². The van der Waals surface area contributed by atoms with Crippen LogP contribution < -0.4 is 4.72 Å². The molecule has 0 aliphatic rings. The number of carbonyl (C=O) groups is 2. The van der Waals surface area contributed by atoms with Crippen LogP contribution in [0.4, 0.5) is 0 Å². The first kappa shape index (κ1) is 20.5. The number of aryl methyl sites for hydroxylation is 1. The van der Waals surface area contributed by atoms with Gasteiger partial charge in [-0.25, -0.2) is 8.42 Å². The monoisotopic (exact) mass is 374 g/mol. The van der Waals surface area contributed by atoms with Crippen molar-refractivity contribution in [1.82, 2.24) is 9.62 Å². The number of carboxylic acid groups (broad SMARTS) is 1. The van der Waals surface area contributed by atoms with Crippen LogP contribution in [0.25, 0.3) is 0 Å². The van der Waals surface area contributed by atoms with E-state index in [1.807, 2.05) is 13.2 Å². The Labute approximate surface area is 146 Å². The van der Waals surface area contributed by atoms with Crippen molar-refractivity contribution in [3.63, 3.8) is 0 Å². The number of hydrogen-bond donors (Lipinski definition) is 2. The predicted molar refractivity (Wildman–Crippen MR) is 93.6 cm³/mol. The summed E-state index contributed by atoms with van der Waals surface area (Å²) in [6.45, 7) is 1.36. The lowest BCUT2D eigenvalue weighted by molar-refractivity contribution is -0.144. The second-order valence-electron chi connectivity index (χ2n) is 5.36. The molecule has 1 rings (SSSR count). The number of hydrogen-bond acceptors (Lipinski definition) is 5. The molecule has 24 heavy (non-hydrogen) atoms. The minimum absolute atomic E-state index is 0.0657. The van der Waals surface area contributed by atoms with Gasteiger partial charge in [-0.05, 0) is 37.5 Å². The highest BCUT2D eigenvalue weighted by Gasteiger charge is 2.28. The molecule has 1 amide bonds. The lowest BCUT2D eigenvalue weighted by Crippen LogP contribution is -2.48. The van der Waals surface area contributed by atoms with Gasteiger partial charge in [-0.3, -0.25) is 9.59 Å². The lowest BCUT2D eigenvalue weighted by Gasteiger charge is -2.23. The molecule has 0 spiro atoms. The number of sulfonamides is 1. The van der Waals surface area contributed by atoms with Crippen molar-refractivity contribution in [1.29, 1.82) is 0 Å². The first-order valence-electron chi connectivity index (χ1n) is 7.22. The molecule has 0 aliphatic heterocycles. The van der Waals surface area contributed by atoms with E-state index in [9.17, 15) is 18.0 Å². The normalized spacial score (nSPS) is 12.6. The molecule has 134 valence electrons. The number of thioether (sulfide) groups is 1. The van der Waals surface area contributed by atoms with E-state index in [-0.39, 0.29) is 11.3 Å². The van der Waals surface area contributed by atoms with E-state index in [0.29, 0.717) is 5.75 Å². The minimum Gasteiger partial charge on any atom is -0.480 e. The van der Waals surface area contributed by atoms with Gasteiger partial charge >= 0.3 is 5.97 Å². The average Bonchev–Trinajstić information content (AvgIpc) is 2.50. The van der Waals surface area contributed by atoms with Gasteiger partial charge in [0.1, 0.15) is 12.6 Å². The Bertz CT molecular complexity index is 674. The Morgan fingerprint density at radius 2 is 1.88 bits per heavy atom. The van der Waals surface area contributed by atoms with Crippen molar-refractivity contribution in [2.75, 3.05) is 25.6 Å². The fraction of sp³-hybridized carbons (Fsp3) is 0.467. The van der Waals surface area contributed by atoms with Gasteiger partial charge in [-0.1, -0.05) is 17.7 Å². The van der Waals surface area contributed by atoms with Crippen LogP contribution in [0.15, 0.2) is 29.2 Å². The summed E-state index contributed by atoms with van der Waals surface area (Å²) >= 11 is 1.47. The van der Waals surface area contributed by atoms with E-state index in [4.69, 9.17) is 5.11 Å². The highest BCUT2D eigenvalue weighted by molar-refractivity contribution is 7.98. The highest BCUT2D eigenvalue weighted by Crippen LogP contribution is 2.13. The van der Waals surface area contributed by atoms with E-state index in [1.165, 1.54) is 30.9 Å². The zero-order chi connectivity index (χ0) is 18.3. The number of amides is 1. The summed E-state index contributed by atoms with van der Waals surface area (Å²) in [7, 11) is -2.53. The van der Waals surface area contributed by atoms with Gasteiger partial charge in [0.15, 0.2) is 0 Å². The Hall–Kier alpha value is -1.58. The van der Waals surface area contributed by atoms with E-state index in [1.54, 1.807) is 12.1 Å². The maximum Gasteiger partial charge on any atom is 0.323 e. The van der Waals surface area contributed by atoms with E-state index in [0.717, 1.165) is 10.5 Å². The van der Waals surface area contributed by atoms with Crippen LogP contribution in [0, 0.1) is 6.92 Å². The maximum atomic E-state index is 12.5. The van der Waals surface area contributed by atoms with Crippen molar-refractivity contribution in [2.24, 2.45) is 0 Å². The molecular weight excluding hydrogens is 352 g/mol. The second-order valence-corrected chi connectivity index (χ2v) is 8.06. The standard InChI is InChI=1S/C15H22N2O5S2/c1-11-4-6-12(7-5-11)24(21,22)16-13(8-9-23-3)15(20)17(2)10-14(18)19/h4-7,13,16H,8-10H2,1-3H3,(H,18,19). The van der Waals surface area contributed by atoms with Crippen molar-refractivity contribution in [2.45, 2.75) is 24.3 Å². The predicted octanol–water partition coefficient (Wildman–Crippen LogP) is 0.938. The van der Waals surface area contributed by atoms with Crippen molar-refractivity contribution in [3.05, 3.63) is 29.8 Å². The van der Waals surface area contributed by atoms with E-state index < -0.39 is 34.5 Å². The molecule has 0 aliphatic carbocycles. The fourth-order valence-electron chi connectivity index (χ4n) is 1.99. The van der Waals surface area contributed by atoms with Gasteiger partial charge in [-0.2, -0.15) is 16.5 Å². The van der Waals surface area contributed by atoms with E-state index >= 15 is 0 Å². The molecule has 1 aromatic carbocycles. The third kappa shape index (κ3) is 6.14. The molecule has 0 radical (unpaired) electrons. The van der Waals surface area contributed by atoms with Crippen LogP contribution in [0.1, 0.15) is 12.0 Å². The molecule has 0 saturated heterocycles. The minimum atomic E-state index is -3.87. The molecule has 0 saturated carbocycles. The molecule has 1 aromatic rings. The average molecular weight is 374 g/mol. The smallest absolute Gasteiger partial charge is 0.323 e. The van der Waals surface area contributed by atoms with E-state index in [2.05, 4.69) is 4.72 Å². The largest absolute Gasteiger partial charge is 0.480 e. The number of carboxylic acids is 1. The number of nitrogens with one attached hydrogen (secondary N) is 1. The van der Waals surface area contributed by atoms with Crippen LogP contribution in [-0.4, -0.2) is 61.9 Å². The number of nitrogens with zero attached hydrogens (tertiary/aromatic N) is 1. The molecule has 2 N–H and O–H groups in total. The molecule has 0 heterocycles. The van der Waals surface area contributed by atoms with Gasteiger partial charge in [-0.15, -0.1) is 0 Å². The molecule has 7 nitrogen and oxygen atoms in total. The Kier molecular flexibility index (Phi) is 7.71. The van der Waals surface area contributed by atoms with Gasteiger partial charge in [0, 0.05) is 7.05 Å². The number of benzene rings is 1. The lowest BCUT2D eigenvalue weighted by atomic mass is 10.2.